The standard InChI is InChI=1S/C12H13F3N2O2/c1-8(18)16-7-6-11(19)17-10-5-3-2-4-9(10)12(13,14)15/h2-5H,6-7H2,1H3,(H,16,18)(H,17,19). The summed E-state index contributed by atoms with van der Waals surface area (Å²) < 4.78 is 37.9. The molecule has 0 aliphatic rings. The van der Waals surface area contributed by atoms with Crippen LogP contribution in [0.4, 0.5) is 18.9 Å². The van der Waals surface area contributed by atoms with E-state index in [4.69, 9.17) is 0 Å². The van der Waals surface area contributed by atoms with Gasteiger partial charge in [-0.1, -0.05) is 12.1 Å². The molecule has 0 bridgehead atoms. The Balaban J connectivity index is 2.67. The van der Waals surface area contributed by atoms with Crippen molar-refractivity contribution < 1.29 is 22.8 Å². The molecule has 2 amide bonds. The third-order valence-corrected chi connectivity index (χ3v) is 2.23. The molecule has 0 radical (unpaired) electrons. The fourth-order valence-corrected chi connectivity index (χ4v) is 1.40. The van der Waals surface area contributed by atoms with Gasteiger partial charge in [0.05, 0.1) is 11.3 Å². The van der Waals surface area contributed by atoms with Crippen LogP contribution in [0.2, 0.25) is 0 Å². The summed E-state index contributed by atoms with van der Waals surface area (Å²) in [6.07, 6.45) is -4.62. The van der Waals surface area contributed by atoms with Crippen LogP contribution in [0.3, 0.4) is 0 Å². The second kappa shape index (κ2) is 6.21. The van der Waals surface area contributed by atoms with Gasteiger partial charge in [0.1, 0.15) is 0 Å². The highest BCUT2D eigenvalue weighted by atomic mass is 19.4. The van der Waals surface area contributed by atoms with Gasteiger partial charge in [-0.15, -0.1) is 0 Å². The number of carbonyl (C=O) groups is 2. The lowest BCUT2D eigenvalue weighted by molar-refractivity contribution is -0.137. The fraction of sp³-hybridized carbons (Fsp3) is 0.333. The molecule has 104 valence electrons. The summed E-state index contributed by atoms with van der Waals surface area (Å²) in [5, 5.41) is 4.57. The molecule has 0 aromatic heterocycles. The number of carbonyl (C=O) groups excluding carboxylic acids is 2. The van der Waals surface area contributed by atoms with E-state index in [9.17, 15) is 22.8 Å². The molecule has 0 atom stereocenters. The van der Waals surface area contributed by atoms with E-state index >= 15 is 0 Å². The molecule has 7 heteroatoms. The van der Waals surface area contributed by atoms with E-state index < -0.39 is 17.6 Å². The van der Waals surface area contributed by atoms with Crippen molar-refractivity contribution in [1.82, 2.24) is 5.32 Å². The van der Waals surface area contributed by atoms with Crippen molar-refractivity contribution in [2.24, 2.45) is 0 Å². The fourth-order valence-electron chi connectivity index (χ4n) is 1.40. The molecule has 0 heterocycles. The minimum absolute atomic E-state index is 0.0787. The van der Waals surface area contributed by atoms with Crippen molar-refractivity contribution >= 4 is 17.5 Å². The minimum Gasteiger partial charge on any atom is -0.356 e. The van der Waals surface area contributed by atoms with Gasteiger partial charge < -0.3 is 10.6 Å². The zero-order chi connectivity index (χ0) is 14.5. The average Bonchev–Trinajstić information content (AvgIpc) is 2.27. The molecule has 1 rings (SSSR count). The summed E-state index contributed by atoms with van der Waals surface area (Å²) in [6.45, 7) is 1.37. The highest BCUT2D eigenvalue weighted by Crippen LogP contribution is 2.34. The summed E-state index contributed by atoms with van der Waals surface area (Å²) in [5.41, 5.74) is -1.19. The Morgan fingerprint density at radius 3 is 2.42 bits per heavy atom. The highest BCUT2D eigenvalue weighted by molar-refractivity contribution is 5.92. The Morgan fingerprint density at radius 1 is 1.21 bits per heavy atom. The summed E-state index contributed by atoms with van der Waals surface area (Å²) >= 11 is 0. The third kappa shape index (κ3) is 4.99. The number of hydrogen-bond acceptors (Lipinski definition) is 2. The first-order valence-electron chi connectivity index (χ1n) is 5.51. The van der Waals surface area contributed by atoms with Crippen molar-refractivity contribution in [2.75, 3.05) is 11.9 Å². The number of anilines is 1. The lowest BCUT2D eigenvalue weighted by Gasteiger charge is -2.13. The Labute approximate surface area is 108 Å². The van der Waals surface area contributed by atoms with Crippen molar-refractivity contribution in [1.29, 1.82) is 0 Å². The van der Waals surface area contributed by atoms with Crippen molar-refractivity contribution in [3.63, 3.8) is 0 Å². The van der Waals surface area contributed by atoms with Crippen LogP contribution >= 0.6 is 0 Å². The molecule has 2 N–H and O–H groups in total. The summed E-state index contributed by atoms with van der Waals surface area (Å²) in [6, 6.07) is 4.72. The van der Waals surface area contributed by atoms with E-state index in [1.165, 1.54) is 25.1 Å². The SMILES string of the molecule is CC(=O)NCCC(=O)Nc1ccccc1C(F)(F)F. The van der Waals surface area contributed by atoms with Gasteiger partial charge in [-0.25, -0.2) is 0 Å². The topological polar surface area (TPSA) is 58.2 Å². The minimum atomic E-state index is -4.53. The van der Waals surface area contributed by atoms with Gasteiger partial charge in [0.2, 0.25) is 11.8 Å². The van der Waals surface area contributed by atoms with E-state index in [0.29, 0.717) is 0 Å². The number of hydrogen-bond donors (Lipinski definition) is 2. The summed E-state index contributed by atoms with van der Waals surface area (Å²) in [7, 11) is 0. The first-order valence-corrected chi connectivity index (χ1v) is 5.51. The van der Waals surface area contributed by atoms with Crippen LogP contribution in [0.1, 0.15) is 18.9 Å². The van der Waals surface area contributed by atoms with Crippen LogP contribution in [-0.2, 0) is 15.8 Å². The predicted octanol–water partition coefficient (Wildman–Crippen LogP) is 2.17. The van der Waals surface area contributed by atoms with Crippen molar-refractivity contribution in [3.05, 3.63) is 29.8 Å². The molecule has 0 saturated heterocycles. The normalized spacial score (nSPS) is 10.9. The molecule has 0 spiro atoms. The second-order valence-corrected chi connectivity index (χ2v) is 3.82. The highest BCUT2D eigenvalue weighted by Gasteiger charge is 2.33. The van der Waals surface area contributed by atoms with E-state index in [0.717, 1.165) is 6.07 Å². The number of rotatable bonds is 4. The number of benzene rings is 1. The zero-order valence-corrected chi connectivity index (χ0v) is 10.2. The van der Waals surface area contributed by atoms with Gasteiger partial charge in [0, 0.05) is 19.9 Å². The maximum Gasteiger partial charge on any atom is 0.418 e. The van der Waals surface area contributed by atoms with Gasteiger partial charge >= 0.3 is 6.18 Å². The van der Waals surface area contributed by atoms with Crippen LogP contribution in [0, 0.1) is 0 Å². The van der Waals surface area contributed by atoms with Crippen molar-refractivity contribution in [3.8, 4) is 0 Å². The van der Waals surface area contributed by atoms with Crippen LogP contribution in [0.5, 0.6) is 0 Å². The van der Waals surface area contributed by atoms with Crippen LogP contribution in [0.15, 0.2) is 24.3 Å². The molecule has 0 unspecified atom stereocenters. The largest absolute Gasteiger partial charge is 0.418 e. The lowest BCUT2D eigenvalue weighted by Crippen LogP contribution is -2.25. The molecular weight excluding hydrogens is 261 g/mol. The van der Waals surface area contributed by atoms with Gasteiger partial charge in [-0.05, 0) is 12.1 Å². The van der Waals surface area contributed by atoms with Gasteiger partial charge in [-0.2, -0.15) is 13.2 Å². The smallest absolute Gasteiger partial charge is 0.356 e. The van der Waals surface area contributed by atoms with Crippen LogP contribution in [-0.4, -0.2) is 18.4 Å². The molecule has 0 fully saturated rings. The Morgan fingerprint density at radius 2 is 1.84 bits per heavy atom. The Hall–Kier alpha value is -2.05. The Kier molecular flexibility index (Phi) is 4.91. The number of halogens is 3. The first-order chi connectivity index (χ1) is 8.80. The molecule has 19 heavy (non-hydrogen) atoms. The number of alkyl halides is 3. The number of amides is 2. The average molecular weight is 274 g/mol. The second-order valence-electron chi connectivity index (χ2n) is 3.82. The molecular formula is C12H13F3N2O2. The van der Waals surface area contributed by atoms with E-state index in [1.807, 2.05) is 0 Å². The number of para-hydroxylation sites is 1. The first kappa shape index (κ1) is 15.0. The molecule has 0 saturated carbocycles. The maximum atomic E-state index is 12.6. The lowest BCUT2D eigenvalue weighted by atomic mass is 10.1. The quantitative estimate of drug-likeness (QED) is 0.884. The third-order valence-electron chi connectivity index (χ3n) is 2.23. The van der Waals surface area contributed by atoms with Gasteiger partial charge in [0.25, 0.3) is 0 Å². The molecule has 1 aromatic rings. The maximum absolute atomic E-state index is 12.6. The molecule has 4 nitrogen and oxygen atoms in total. The summed E-state index contributed by atoms with van der Waals surface area (Å²) in [4.78, 5) is 22.0. The molecule has 1 aromatic carbocycles. The Bertz CT molecular complexity index is 472. The van der Waals surface area contributed by atoms with Crippen molar-refractivity contribution in [2.45, 2.75) is 19.5 Å². The van der Waals surface area contributed by atoms with E-state index in [2.05, 4.69) is 10.6 Å². The van der Waals surface area contributed by atoms with Crippen LogP contribution < -0.4 is 10.6 Å². The van der Waals surface area contributed by atoms with Crippen LogP contribution in [0.25, 0.3) is 0 Å². The van der Waals surface area contributed by atoms with Gasteiger partial charge in [0.15, 0.2) is 0 Å². The molecule has 0 aliphatic carbocycles. The number of nitrogens with one attached hydrogen (secondary N) is 2. The molecule has 0 aliphatic heterocycles. The van der Waals surface area contributed by atoms with E-state index in [-0.39, 0.29) is 24.6 Å². The summed E-state index contributed by atoms with van der Waals surface area (Å²) in [5.74, 6) is -0.894. The van der Waals surface area contributed by atoms with Gasteiger partial charge in [-0.3, -0.25) is 9.59 Å². The van der Waals surface area contributed by atoms with E-state index in [1.54, 1.807) is 0 Å². The monoisotopic (exact) mass is 274 g/mol. The zero-order valence-electron chi connectivity index (χ0n) is 10.2. The predicted molar refractivity (Wildman–Crippen MR) is 63.4 cm³/mol.